The van der Waals surface area contributed by atoms with Crippen LogP contribution in [0.25, 0.3) is 0 Å². The summed E-state index contributed by atoms with van der Waals surface area (Å²) in [6, 6.07) is 3.23. The molecule has 0 aromatic heterocycles. The first-order valence-electron chi connectivity index (χ1n) is 5.65. The highest BCUT2D eigenvalue weighted by atomic mass is 19.1. The van der Waals surface area contributed by atoms with Crippen molar-refractivity contribution >= 4 is 17.6 Å². The molecule has 0 aliphatic carbocycles. The van der Waals surface area contributed by atoms with Crippen molar-refractivity contribution in [1.29, 1.82) is 0 Å². The van der Waals surface area contributed by atoms with Crippen LogP contribution in [0.15, 0.2) is 18.2 Å². The predicted octanol–water partition coefficient (Wildman–Crippen LogP) is 1.21. The number of aromatic carboxylic acids is 1. The maximum Gasteiger partial charge on any atom is 0.338 e. The van der Waals surface area contributed by atoms with Gasteiger partial charge in [-0.1, -0.05) is 0 Å². The topological polar surface area (TPSA) is 78.4 Å². The molecule has 3 N–H and O–H groups in total. The summed E-state index contributed by atoms with van der Waals surface area (Å²) in [4.78, 5) is 22.5. The van der Waals surface area contributed by atoms with Gasteiger partial charge in [0.05, 0.1) is 11.6 Å². The second kappa shape index (κ2) is 5.14. The van der Waals surface area contributed by atoms with E-state index in [1.54, 1.807) is 0 Å². The molecule has 0 unspecified atom stereocenters. The van der Waals surface area contributed by atoms with E-state index in [9.17, 15) is 14.0 Å². The van der Waals surface area contributed by atoms with Crippen LogP contribution in [0.3, 0.4) is 0 Å². The number of amides is 1. The standard InChI is InChI=1S/C12H13FN2O3/c13-9-4-3-7(6-8(9)12(17)18)15-11(16)10-2-1-5-14-10/h3-4,6,10,14H,1-2,5H2,(H,15,16)(H,17,18)/t10-/m1/s1. The number of carboxylic acids is 1. The van der Waals surface area contributed by atoms with E-state index in [1.807, 2.05) is 0 Å². The molecule has 5 nitrogen and oxygen atoms in total. The van der Waals surface area contributed by atoms with Crippen molar-refractivity contribution in [1.82, 2.24) is 5.32 Å². The van der Waals surface area contributed by atoms with Crippen LogP contribution < -0.4 is 10.6 Å². The van der Waals surface area contributed by atoms with Gasteiger partial charge in [-0.2, -0.15) is 0 Å². The molecule has 0 spiro atoms. The predicted molar refractivity (Wildman–Crippen MR) is 63.0 cm³/mol. The van der Waals surface area contributed by atoms with Gasteiger partial charge in [-0.3, -0.25) is 4.79 Å². The van der Waals surface area contributed by atoms with Crippen LogP contribution >= 0.6 is 0 Å². The van der Waals surface area contributed by atoms with Gasteiger partial charge in [0, 0.05) is 5.69 Å². The third kappa shape index (κ3) is 2.65. The Bertz CT molecular complexity index is 484. The summed E-state index contributed by atoms with van der Waals surface area (Å²) in [5.74, 6) is -2.41. The number of halogens is 1. The molecule has 1 fully saturated rings. The van der Waals surface area contributed by atoms with Gasteiger partial charge in [-0.25, -0.2) is 9.18 Å². The summed E-state index contributed by atoms with van der Waals surface area (Å²) < 4.78 is 13.2. The van der Waals surface area contributed by atoms with E-state index in [0.717, 1.165) is 31.5 Å². The summed E-state index contributed by atoms with van der Waals surface area (Å²) in [6.45, 7) is 0.794. The number of hydrogen-bond donors (Lipinski definition) is 3. The second-order valence-corrected chi connectivity index (χ2v) is 4.14. The number of hydrogen-bond acceptors (Lipinski definition) is 3. The normalized spacial score (nSPS) is 18.6. The second-order valence-electron chi connectivity index (χ2n) is 4.14. The molecular weight excluding hydrogens is 239 g/mol. The van der Waals surface area contributed by atoms with Crippen LogP contribution in [0.2, 0.25) is 0 Å². The number of carbonyl (C=O) groups excluding carboxylic acids is 1. The molecule has 1 amide bonds. The van der Waals surface area contributed by atoms with E-state index < -0.39 is 17.3 Å². The Balaban J connectivity index is 2.11. The Kier molecular flexibility index (Phi) is 3.57. The molecule has 1 aliphatic heterocycles. The minimum Gasteiger partial charge on any atom is -0.478 e. The highest BCUT2D eigenvalue weighted by molar-refractivity contribution is 5.96. The fourth-order valence-corrected chi connectivity index (χ4v) is 1.90. The van der Waals surface area contributed by atoms with Crippen LogP contribution in [0, 0.1) is 5.82 Å². The lowest BCUT2D eigenvalue weighted by molar-refractivity contribution is -0.117. The Morgan fingerprint density at radius 2 is 2.22 bits per heavy atom. The average Bonchev–Trinajstić information content (AvgIpc) is 2.85. The van der Waals surface area contributed by atoms with Gasteiger partial charge in [-0.15, -0.1) is 0 Å². The number of carboxylic acid groups (broad SMARTS) is 1. The number of rotatable bonds is 3. The van der Waals surface area contributed by atoms with Gasteiger partial charge >= 0.3 is 5.97 Å². The zero-order valence-corrected chi connectivity index (χ0v) is 9.57. The van der Waals surface area contributed by atoms with Crippen molar-refractivity contribution in [2.45, 2.75) is 18.9 Å². The molecule has 1 atom stereocenters. The highest BCUT2D eigenvalue weighted by Crippen LogP contribution is 2.16. The Morgan fingerprint density at radius 1 is 1.44 bits per heavy atom. The lowest BCUT2D eigenvalue weighted by Crippen LogP contribution is -2.35. The van der Waals surface area contributed by atoms with Crippen LogP contribution in [0.5, 0.6) is 0 Å². The molecule has 1 saturated heterocycles. The molecule has 1 aromatic carbocycles. The number of carbonyl (C=O) groups is 2. The van der Waals surface area contributed by atoms with Gasteiger partial charge in [0.1, 0.15) is 5.82 Å². The highest BCUT2D eigenvalue weighted by Gasteiger charge is 2.22. The number of anilines is 1. The first-order valence-corrected chi connectivity index (χ1v) is 5.65. The van der Waals surface area contributed by atoms with E-state index >= 15 is 0 Å². The maximum atomic E-state index is 13.2. The molecular formula is C12H13FN2O3. The van der Waals surface area contributed by atoms with Crippen molar-refractivity contribution in [3.05, 3.63) is 29.6 Å². The minimum absolute atomic E-state index is 0.226. The number of benzene rings is 1. The summed E-state index contributed by atoms with van der Waals surface area (Å²) in [7, 11) is 0. The van der Waals surface area contributed by atoms with E-state index in [4.69, 9.17) is 5.11 Å². The lowest BCUT2D eigenvalue weighted by atomic mass is 10.1. The minimum atomic E-state index is -1.36. The summed E-state index contributed by atoms with van der Waals surface area (Å²) in [5.41, 5.74) is -0.167. The third-order valence-corrected chi connectivity index (χ3v) is 2.84. The van der Waals surface area contributed by atoms with Gasteiger partial charge in [0.2, 0.25) is 5.91 Å². The van der Waals surface area contributed by atoms with Crippen molar-refractivity contribution in [3.63, 3.8) is 0 Å². The summed E-state index contributed by atoms with van der Waals surface area (Å²) in [5, 5.41) is 14.4. The molecule has 0 radical (unpaired) electrons. The molecule has 1 heterocycles. The first kappa shape index (κ1) is 12.5. The molecule has 6 heteroatoms. The fourth-order valence-electron chi connectivity index (χ4n) is 1.90. The van der Waals surface area contributed by atoms with Crippen LogP contribution in [0.4, 0.5) is 10.1 Å². The molecule has 0 saturated carbocycles. The average molecular weight is 252 g/mol. The quantitative estimate of drug-likeness (QED) is 0.755. The largest absolute Gasteiger partial charge is 0.478 e. The van der Waals surface area contributed by atoms with E-state index in [0.29, 0.717) is 0 Å². The zero-order valence-electron chi connectivity index (χ0n) is 9.57. The number of nitrogens with one attached hydrogen (secondary N) is 2. The van der Waals surface area contributed by atoms with Gasteiger partial charge in [0.15, 0.2) is 0 Å². The molecule has 96 valence electrons. The molecule has 0 bridgehead atoms. The van der Waals surface area contributed by atoms with Crippen LogP contribution in [-0.2, 0) is 4.79 Å². The molecule has 1 aliphatic rings. The lowest BCUT2D eigenvalue weighted by Gasteiger charge is -2.11. The summed E-state index contributed by atoms with van der Waals surface area (Å²) in [6.07, 6.45) is 1.68. The van der Waals surface area contributed by atoms with Crippen molar-refractivity contribution in [2.75, 3.05) is 11.9 Å². The van der Waals surface area contributed by atoms with Gasteiger partial charge in [-0.05, 0) is 37.6 Å². The maximum absolute atomic E-state index is 13.2. The Hall–Kier alpha value is -1.95. The Labute approximate surface area is 103 Å². The first-order chi connectivity index (χ1) is 8.58. The Morgan fingerprint density at radius 3 is 2.83 bits per heavy atom. The summed E-state index contributed by atoms with van der Waals surface area (Å²) >= 11 is 0. The monoisotopic (exact) mass is 252 g/mol. The van der Waals surface area contributed by atoms with Crippen LogP contribution in [-0.4, -0.2) is 29.6 Å². The van der Waals surface area contributed by atoms with Crippen molar-refractivity contribution in [3.8, 4) is 0 Å². The van der Waals surface area contributed by atoms with E-state index in [-0.39, 0.29) is 17.6 Å². The third-order valence-electron chi connectivity index (χ3n) is 2.84. The van der Waals surface area contributed by atoms with Gasteiger partial charge in [0.25, 0.3) is 0 Å². The fraction of sp³-hybridized carbons (Fsp3) is 0.333. The SMILES string of the molecule is O=C(O)c1cc(NC(=O)[C@H]2CCCN2)ccc1F. The smallest absolute Gasteiger partial charge is 0.338 e. The molecule has 2 rings (SSSR count). The molecule has 1 aromatic rings. The van der Waals surface area contributed by atoms with E-state index in [2.05, 4.69) is 10.6 Å². The zero-order chi connectivity index (χ0) is 13.1. The van der Waals surface area contributed by atoms with Crippen molar-refractivity contribution in [2.24, 2.45) is 0 Å². The van der Waals surface area contributed by atoms with E-state index in [1.165, 1.54) is 6.07 Å². The van der Waals surface area contributed by atoms with Crippen LogP contribution in [0.1, 0.15) is 23.2 Å². The van der Waals surface area contributed by atoms with Gasteiger partial charge < -0.3 is 15.7 Å². The van der Waals surface area contributed by atoms with Crippen molar-refractivity contribution < 1.29 is 19.1 Å². The molecule has 18 heavy (non-hydrogen) atoms.